The number of aliphatic carboxylic acids is 1. The molecule has 18 heteroatoms. The molecule has 0 rings (SSSR count). The molecule has 0 spiro atoms. The lowest BCUT2D eigenvalue weighted by Gasteiger charge is -2.20. The predicted molar refractivity (Wildman–Crippen MR) is 117 cm³/mol. The van der Waals surface area contributed by atoms with Crippen LogP contribution in [-0.2, 0) is 33.6 Å². The summed E-state index contributed by atoms with van der Waals surface area (Å²) in [6.45, 7) is -2.81. The molecule has 0 aromatic rings. The van der Waals surface area contributed by atoms with Crippen LogP contribution in [0.2, 0.25) is 0 Å². The standard InChI is InChI=1S/C18H31N7O11/c1-8(28)15(19)17(34)25-9(6-26)16(33)23-4-13(31)21-2-11(29)20-3-12(30)22-5-14(32)24-10(7-27)18(35)36/h8-10,15,26-28H,2-7,19H2,1H3,(H,20,29)(H,21,31)(H,22,30)(H,23,33)(H,24,32)(H,25,34)(H,35,36)/t8-,9+,10+,15+/m1/s1. The molecule has 0 aliphatic carbocycles. The van der Waals surface area contributed by atoms with Crippen molar-refractivity contribution < 1.29 is 54.0 Å². The second kappa shape index (κ2) is 16.7. The Balaban J connectivity index is 4.25. The molecular formula is C18H31N7O11. The summed E-state index contributed by atoms with van der Waals surface area (Å²) in [5.41, 5.74) is 5.41. The number of nitrogens with two attached hydrogens (primary N) is 1. The topological polar surface area (TPSA) is 299 Å². The van der Waals surface area contributed by atoms with E-state index in [9.17, 15) is 43.8 Å². The molecule has 0 aliphatic heterocycles. The second-order valence-electron chi connectivity index (χ2n) is 7.20. The average molecular weight is 521 g/mol. The Morgan fingerprint density at radius 3 is 1.47 bits per heavy atom. The summed E-state index contributed by atoms with van der Waals surface area (Å²) < 4.78 is 0. The van der Waals surface area contributed by atoms with E-state index in [-0.39, 0.29) is 0 Å². The Bertz CT molecular complexity index is 821. The van der Waals surface area contributed by atoms with E-state index in [1.165, 1.54) is 6.92 Å². The first-order valence-corrected chi connectivity index (χ1v) is 10.4. The van der Waals surface area contributed by atoms with Crippen molar-refractivity contribution in [2.24, 2.45) is 5.73 Å². The van der Waals surface area contributed by atoms with Gasteiger partial charge in [-0.1, -0.05) is 0 Å². The van der Waals surface area contributed by atoms with Crippen LogP contribution in [0.15, 0.2) is 0 Å². The Labute approximate surface area is 204 Å². The maximum atomic E-state index is 12.0. The van der Waals surface area contributed by atoms with E-state index in [2.05, 4.69) is 26.6 Å². The van der Waals surface area contributed by atoms with Gasteiger partial charge in [0.1, 0.15) is 18.1 Å². The molecule has 0 bridgehead atoms. The number of amides is 6. The van der Waals surface area contributed by atoms with Gasteiger partial charge < -0.3 is 58.1 Å². The van der Waals surface area contributed by atoms with Crippen molar-refractivity contribution in [3.8, 4) is 0 Å². The molecule has 204 valence electrons. The lowest BCUT2D eigenvalue weighted by atomic mass is 10.1. The Hall–Kier alpha value is -3.87. The molecule has 0 aromatic carbocycles. The van der Waals surface area contributed by atoms with Gasteiger partial charge in [0.25, 0.3) is 0 Å². The van der Waals surface area contributed by atoms with Crippen LogP contribution >= 0.6 is 0 Å². The average Bonchev–Trinajstić information content (AvgIpc) is 2.83. The summed E-state index contributed by atoms with van der Waals surface area (Å²) in [6, 6.07) is -4.33. The molecule has 0 saturated carbocycles. The summed E-state index contributed by atoms with van der Waals surface area (Å²) in [7, 11) is 0. The van der Waals surface area contributed by atoms with Gasteiger partial charge in [-0.05, 0) is 6.92 Å². The normalized spacial score (nSPS) is 13.7. The lowest BCUT2D eigenvalue weighted by molar-refractivity contribution is -0.142. The van der Waals surface area contributed by atoms with Gasteiger partial charge in [0.15, 0.2) is 0 Å². The number of rotatable bonds is 16. The number of nitrogens with one attached hydrogen (secondary N) is 6. The Morgan fingerprint density at radius 1 is 0.667 bits per heavy atom. The van der Waals surface area contributed by atoms with E-state index in [4.69, 9.17) is 15.9 Å². The fourth-order valence-electron chi connectivity index (χ4n) is 2.13. The molecule has 6 amide bonds. The highest BCUT2D eigenvalue weighted by atomic mass is 16.4. The fraction of sp³-hybridized carbons (Fsp3) is 0.611. The largest absolute Gasteiger partial charge is 0.480 e. The molecule has 0 unspecified atom stereocenters. The summed E-state index contributed by atoms with van der Waals surface area (Å²) in [5.74, 6) is -6.62. The van der Waals surface area contributed by atoms with Crippen LogP contribution in [0.1, 0.15) is 6.92 Å². The van der Waals surface area contributed by atoms with E-state index in [0.717, 1.165) is 0 Å². The van der Waals surface area contributed by atoms with Gasteiger partial charge >= 0.3 is 5.97 Å². The van der Waals surface area contributed by atoms with Crippen molar-refractivity contribution in [2.45, 2.75) is 31.2 Å². The highest BCUT2D eigenvalue weighted by Crippen LogP contribution is 1.91. The molecule has 0 aliphatic rings. The molecule has 0 radical (unpaired) electrons. The van der Waals surface area contributed by atoms with Crippen molar-refractivity contribution in [3.63, 3.8) is 0 Å². The first-order chi connectivity index (χ1) is 16.8. The van der Waals surface area contributed by atoms with Crippen LogP contribution in [0.25, 0.3) is 0 Å². The smallest absolute Gasteiger partial charge is 0.328 e. The van der Waals surface area contributed by atoms with Crippen molar-refractivity contribution >= 4 is 41.4 Å². The quantitative estimate of drug-likeness (QED) is 0.0902. The number of carbonyl (C=O) groups excluding carboxylic acids is 6. The van der Waals surface area contributed by atoms with Gasteiger partial charge in [0.2, 0.25) is 35.4 Å². The van der Waals surface area contributed by atoms with Gasteiger partial charge in [-0.3, -0.25) is 28.8 Å². The third-order valence-electron chi connectivity index (χ3n) is 4.22. The summed E-state index contributed by atoms with van der Waals surface area (Å²) in [5, 5.41) is 48.5. The maximum Gasteiger partial charge on any atom is 0.328 e. The zero-order valence-electron chi connectivity index (χ0n) is 19.3. The molecular weight excluding hydrogens is 490 g/mol. The van der Waals surface area contributed by atoms with Crippen LogP contribution in [-0.4, -0.2) is 125 Å². The molecule has 4 atom stereocenters. The van der Waals surface area contributed by atoms with E-state index in [1.807, 2.05) is 5.32 Å². The predicted octanol–water partition coefficient (Wildman–Crippen LogP) is -7.80. The maximum absolute atomic E-state index is 12.0. The number of hydrogen-bond donors (Lipinski definition) is 11. The summed E-state index contributed by atoms with van der Waals surface area (Å²) >= 11 is 0. The number of hydrogen-bond acceptors (Lipinski definition) is 11. The SMILES string of the molecule is C[C@@H](O)[C@H](N)C(=O)N[C@@H](CO)C(=O)NCC(=O)NCC(=O)NCC(=O)NCC(=O)N[C@@H](CO)C(=O)O. The first-order valence-electron chi connectivity index (χ1n) is 10.4. The minimum atomic E-state index is -1.54. The molecule has 36 heavy (non-hydrogen) atoms. The number of carbonyl (C=O) groups is 7. The van der Waals surface area contributed by atoms with Crippen LogP contribution in [0, 0.1) is 0 Å². The molecule has 0 saturated heterocycles. The second-order valence-corrected chi connectivity index (χ2v) is 7.20. The monoisotopic (exact) mass is 521 g/mol. The third kappa shape index (κ3) is 13.1. The van der Waals surface area contributed by atoms with Crippen LogP contribution in [0.3, 0.4) is 0 Å². The molecule has 12 N–H and O–H groups in total. The van der Waals surface area contributed by atoms with Crippen LogP contribution in [0.5, 0.6) is 0 Å². The fourth-order valence-corrected chi connectivity index (χ4v) is 2.13. The van der Waals surface area contributed by atoms with Crippen molar-refractivity contribution in [1.82, 2.24) is 31.9 Å². The number of aliphatic hydroxyl groups is 3. The van der Waals surface area contributed by atoms with Gasteiger partial charge in [-0.15, -0.1) is 0 Å². The van der Waals surface area contributed by atoms with Crippen molar-refractivity contribution in [2.75, 3.05) is 39.4 Å². The number of carboxylic acids is 1. The first kappa shape index (κ1) is 32.1. The highest BCUT2D eigenvalue weighted by Gasteiger charge is 2.25. The zero-order chi connectivity index (χ0) is 27.8. The van der Waals surface area contributed by atoms with Crippen molar-refractivity contribution in [1.29, 1.82) is 0 Å². The molecule has 0 aromatic heterocycles. The third-order valence-corrected chi connectivity index (χ3v) is 4.22. The van der Waals surface area contributed by atoms with Gasteiger partial charge in [0.05, 0.1) is 45.5 Å². The molecule has 18 nitrogen and oxygen atoms in total. The number of aliphatic hydroxyl groups excluding tert-OH is 3. The van der Waals surface area contributed by atoms with E-state index in [1.54, 1.807) is 0 Å². The Kier molecular flexibility index (Phi) is 14.9. The molecule has 0 fully saturated rings. The van der Waals surface area contributed by atoms with Crippen LogP contribution < -0.4 is 37.6 Å². The summed E-state index contributed by atoms with van der Waals surface area (Å²) in [6.07, 6.45) is -1.21. The van der Waals surface area contributed by atoms with Crippen molar-refractivity contribution in [3.05, 3.63) is 0 Å². The van der Waals surface area contributed by atoms with E-state index in [0.29, 0.717) is 0 Å². The Morgan fingerprint density at radius 2 is 1.08 bits per heavy atom. The minimum absolute atomic E-state index is 0.576. The van der Waals surface area contributed by atoms with Gasteiger partial charge in [-0.25, -0.2) is 4.79 Å². The number of carboxylic acid groups (broad SMARTS) is 1. The van der Waals surface area contributed by atoms with Gasteiger partial charge in [-0.2, -0.15) is 0 Å². The lowest BCUT2D eigenvalue weighted by Crippen LogP contribution is -2.56. The molecule has 0 heterocycles. The minimum Gasteiger partial charge on any atom is -0.480 e. The highest BCUT2D eigenvalue weighted by molar-refractivity contribution is 5.93. The van der Waals surface area contributed by atoms with E-state index >= 15 is 0 Å². The zero-order valence-corrected chi connectivity index (χ0v) is 19.3. The van der Waals surface area contributed by atoms with E-state index < -0.39 is 105 Å². The van der Waals surface area contributed by atoms with Crippen LogP contribution in [0.4, 0.5) is 0 Å². The van der Waals surface area contributed by atoms with Gasteiger partial charge in [0, 0.05) is 0 Å². The summed E-state index contributed by atoms with van der Waals surface area (Å²) in [4.78, 5) is 81.0.